The largest absolute Gasteiger partial charge is 0.465 e. The summed E-state index contributed by atoms with van der Waals surface area (Å²) in [5.74, 6) is 0.592. The Morgan fingerprint density at radius 2 is 2.00 bits per heavy atom. The normalized spacial score (nSPS) is 11.2. The van der Waals surface area contributed by atoms with Crippen molar-refractivity contribution in [3.8, 4) is 0 Å². The highest BCUT2D eigenvalue weighted by Gasteiger charge is 2.16. The summed E-state index contributed by atoms with van der Waals surface area (Å²) >= 11 is 0. The molecule has 0 N–H and O–H groups in total. The number of nitrogens with zero attached hydrogens (tertiary/aromatic N) is 2. The fourth-order valence-electron chi connectivity index (χ4n) is 1.73. The van der Waals surface area contributed by atoms with Gasteiger partial charge in [0.25, 0.3) is 0 Å². The molecule has 0 aromatic carbocycles. The minimum absolute atomic E-state index is 0.0870. The maximum atomic E-state index is 11.5. The number of carbonyl (C=O) groups is 1. The van der Waals surface area contributed by atoms with Crippen LogP contribution in [0.4, 0.5) is 5.82 Å². The topological polar surface area (TPSA) is 42.4 Å². The molecule has 1 heterocycles. The maximum absolute atomic E-state index is 11.5. The zero-order chi connectivity index (χ0) is 14.5. The van der Waals surface area contributed by atoms with E-state index in [9.17, 15) is 4.79 Å². The predicted octanol–water partition coefficient (Wildman–Crippen LogP) is 2.77. The van der Waals surface area contributed by atoms with Crippen molar-refractivity contribution in [3.63, 3.8) is 0 Å². The van der Waals surface area contributed by atoms with Gasteiger partial charge in [0.1, 0.15) is 12.4 Å². The Morgan fingerprint density at radius 3 is 2.42 bits per heavy atom. The molecule has 0 radical (unpaired) electrons. The van der Waals surface area contributed by atoms with Crippen LogP contribution >= 0.6 is 0 Å². The molecule has 0 aliphatic heterocycles. The van der Waals surface area contributed by atoms with E-state index in [0.29, 0.717) is 6.61 Å². The average molecular weight is 264 g/mol. The Bertz CT molecular complexity index is 407. The highest BCUT2D eigenvalue weighted by Crippen LogP contribution is 2.22. The van der Waals surface area contributed by atoms with Gasteiger partial charge in [-0.1, -0.05) is 26.8 Å². The standard InChI is InChI=1S/C15H24N2O2/c1-6-17(11-14(18)19-7-2)13-9-8-12(10-16-13)15(3,4)5/h8-10H,6-7,11H2,1-5H3. The number of hydrogen-bond donors (Lipinski definition) is 0. The van der Waals surface area contributed by atoms with Crippen molar-refractivity contribution in [1.29, 1.82) is 0 Å². The molecule has 4 nitrogen and oxygen atoms in total. The van der Waals surface area contributed by atoms with Gasteiger partial charge >= 0.3 is 5.97 Å². The van der Waals surface area contributed by atoms with Crippen molar-refractivity contribution < 1.29 is 9.53 Å². The second-order valence-corrected chi connectivity index (χ2v) is 5.47. The zero-order valence-electron chi connectivity index (χ0n) is 12.6. The molecule has 0 saturated heterocycles. The predicted molar refractivity (Wildman–Crippen MR) is 77.5 cm³/mol. The summed E-state index contributed by atoms with van der Waals surface area (Å²) in [6, 6.07) is 4.03. The summed E-state index contributed by atoms with van der Waals surface area (Å²) in [6.07, 6.45) is 1.88. The molecule has 19 heavy (non-hydrogen) atoms. The number of esters is 1. The molecule has 1 aromatic rings. The summed E-state index contributed by atoms with van der Waals surface area (Å²) < 4.78 is 4.97. The second kappa shape index (κ2) is 6.55. The Kier molecular flexibility index (Phi) is 5.33. The molecule has 0 fully saturated rings. The molecular formula is C15H24N2O2. The van der Waals surface area contributed by atoms with Gasteiger partial charge in [-0.2, -0.15) is 0 Å². The number of pyridine rings is 1. The molecule has 0 saturated carbocycles. The van der Waals surface area contributed by atoms with Gasteiger partial charge in [0, 0.05) is 12.7 Å². The van der Waals surface area contributed by atoms with Crippen LogP contribution in [0.25, 0.3) is 0 Å². The smallest absolute Gasteiger partial charge is 0.325 e. The van der Waals surface area contributed by atoms with Crippen molar-refractivity contribution in [2.24, 2.45) is 0 Å². The van der Waals surface area contributed by atoms with Gasteiger partial charge in [-0.25, -0.2) is 4.98 Å². The number of aromatic nitrogens is 1. The summed E-state index contributed by atoms with van der Waals surface area (Å²) in [5.41, 5.74) is 1.27. The van der Waals surface area contributed by atoms with E-state index < -0.39 is 0 Å². The maximum Gasteiger partial charge on any atom is 0.325 e. The molecule has 1 aromatic heterocycles. The fraction of sp³-hybridized carbons (Fsp3) is 0.600. The molecule has 0 aliphatic rings. The zero-order valence-corrected chi connectivity index (χ0v) is 12.6. The molecule has 0 aliphatic carbocycles. The molecule has 0 atom stereocenters. The first kappa shape index (κ1) is 15.5. The van der Waals surface area contributed by atoms with E-state index in [2.05, 4.69) is 31.8 Å². The summed E-state index contributed by atoms with van der Waals surface area (Å²) in [5, 5.41) is 0. The first-order chi connectivity index (χ1) is 8.88. The van der Waals surface area contributed by atoms with Crippen molar-refractivity contribution in [1.82, 2.24) is 4.98 Å². The SMILES string of the molecule is CCOC(=O)CN(CC)c1ccc(C(C)(C)C)cn1. The molecule has 1 rings (SSSR count). The summed E-state index contributed by atoms with van der Waals surface area (Å²) in [7, 11) is 0. The van der Waals surface area contributed by atoms with E-state index in [4.69, 9.17) is 4.74 Å². The van der Waals surface area contributed by atoms with Crippen LogP contribution in [0.5, 0.6) is 0 Å². The Hall–Kier alpha value is -1.58. The molecular weight excluding hydrogens is 240 g/mol. The molecule has 0 amide bonds. The summed E-state index contributed by atoms with van der Waals surface area (Å²) in [4.78, 5) is 17.9. The molecule has 0 unspecified atom stereocenters. The number of carbonyl (C=O) groups excluding carboxylic acids is 1. The monoisotopic (exact) mass is 264 g/mol. The lowest BCUT2D eigenvalue weighted by molar-refractivity contribution is -0.141. The van der Waals surface area contributed by atoms with E-state index in [0.717, 1.165) is 12.4 Å². The van der Waals surface area contributed by atoms with Crippen LogP contribution < -0.4 is 4.90 Å². The third-order valence-corrected chi connectivity index (χ3v) is 2.94. The molecule has 106 valence electrons. The van der Waals surface area contributed by atoms with Gasteiger partial charge in [-0.05, 0) is 30.9 Å². The number of rotatable bonds is 5. The van der Waals surface area contributed by atoms with Crippen molar-refractivity contribution in [2.45, 2.75) is 40.0 Å². The average Bonchev–Trinajstić information content (AvgIpc) is 2.35. The molecule has 4 heteroatoms. The first-order valence-corrected chi connectivity index (χ1v) is 6.75. The highest BCUT2D eigenvalue weighted by atomic mass is 16.5. The van der Waals surface area contributed by atoms with Crippen LogP contribution in [0, 0.1) is 0 Å². The molecule has 0 bridgehead atoms. The van der Waals surface area contributed by atoms with E-state index in [1.165, 1.54) is 5.56 Å². The van der Waals surface area contributed by atoms with Gasteiger partial charge < -0.3 is 9.64 Å². The second-order valence-electron chi connectivity index (χ2n) is 5.47. The van der Waals surface area contributed by atoms with E-state index in [1.54, 1.807) is 0 Å². The number of likely N-dealkylation sites (N-methyl/N-ethyl adjacent to an activating group) is 1. The highest BCUT2D eigenvalue weighted by molar-refractivity contribution is 5.75. The van der Waals surface area contributed by atoms with Crippen LogP contribution in [-0.4, -0.2) is 30.6 Å². The summed E-state index contributed by atoms with van der Waals surface area (Å²) in [6.45, 7) is 11.6. The Morgan fingerprint density at radius 1 is 1.32 bits per heavy atom. The van der Waals surface area contributed by atoms with Gasteiger partial charge in [0.05, 0.1) is 6.61 Å². The van der Waals surface area contributed by atoms with Crippen molar-refractivity contribution in [3.05, 3.63) is 23.9 Å². The number of ether oxygens (including phenoxy) is 1. The Balaban J connectivity index is 2.79. The van der Waals surface area contributed by atoms with Crippen molar-refractivity contribution in [2.75, 3.05) is 24.6 Å². The van der Waals surface area contributed by atoms with E-state index in [1.807, 2.05) is 31.0 Å². The van der Waals surface area contributed by atoms with Gasteiger partial charge in [0.15, 0.2) is 0 Å². The van der Waals surface area contributed by atoms with Gasteiger partial charge in [-0.3, -0.25) is 4.79 Å². The van der Waals surface area contributed by atoms with Crippen LogP contribution in [0.1, 0.15) is 40.2 Å². The minimum atomic E-state index is -0.217. The number of hydrogen-bond acceptors (Lipinski definition) is 4. The third kappa shape index (κ3) is 4.54. The van der Waals surface area contributed by atoms with Crippen molar-refractivity contribution >= 4 is 11.8 Å². The number of anilines is 1. The lowest BCUT2D eigenvalue weighted by atomic mass is 9.88. The quantitative estimate of drug-likeness (QED) is 0.767. The van der Waals surface area contributed by atoms with E-state index >= 15 is 0 Å². The van der Waals surface area contributed by atoms with Gasteiger partial charge in [-0.15, -0.1) is 0 Å². The Labute approximate surface area is 115 Å². The van der Waals surface area contributed by atoms with Crippen LogP contribution in [0.3, 0.4) is 0 Å². The van der Waals surface area contributed by atoms with Crippen LogP contribution in [0.15, 0.2) is 18.3 Å². The lowest BCUT2D eigenvalue weighted by Crippen LogP contribution is -2.31. The van der Waals surface area contributed by atoms with Gasteiger partial charge in [0.2, 0.25) is 0 Å². The van der Waals surface area contributed by atoms with E-state index in [-0.39, 0.29) is 17.9 Å². The fourth-order valence-corrected chi connectivity index (χ4v) is 1.73. The first-order valence-electron chi connectivity index (χ1n) is 6.75. The lowest BCUT2D eigenvalue weighted by Gasteiger charge is -2.23. The molecule has 0 spiro atoms. The van der Waals surface area contributed by atoms with Crippen LogP contribution in [-0.2, 0) is 14.9 Å². The third-order valence-electron chi connectivity index (χ3n) is 2.94. The van der Waals surface area contributed by atoms with Crippen LogP contribution in [0.2, 0.25) is 0 Å². The minimum Gasteiger partial charge on any atom is -0.465 e.